The van der Waals surface area contributed by atoms with Crippen LogP contribution in [0.1, 0.15) is 55.3 Å². The van der Waals surface area contributed by atoms with Crippen LogP contribution in [0.25, 0.3) is 0 Å². The van der Waals surface area contributed by atoms with Gasteiger partial charge < -0.3 is 9.30 Å². The highest BCUT2D eigenvalue weighted by Gasteiger charge is 2.22. The number of aromatic nitrogens is 3. The minimum absolute atomic E-state index is 0.0692. The topological polar surface area (TPSA) is 57.0 Å². The van der Waals surface area contributed by atoms with Crippen LogP contribution < -0.4 is 10.3 Å². The van der Waals surface area contributed by atoms with E-state index in [1.54, 1.807) is 23.0 Å². The van der Waals surface area contributed by atoms with Crippen LogP contribution in [-0.4, -0.2) is 14.5 Å². The zero-order valence-electron chi connectivity index (χ0n) is 16.8. The molecule has 1 aliphatic rings. The van der Waals surface area contributed by atoms with Crippen LogP contribution >= 0.6 is 0 Å². The van der Waals surface area contributed by atoms with E-state index in [9.17, 15) is 4.79 Å². The van der Waals surface area contributed by atoms with Crippen molar-refractivity contribution in [2.75, 3.05) is 0 Å². The molecule has 1 saturated carbocycles. The lowest BCUT2D eigenvalue weighted by Gasteiger charge is -2.13. The van der Waals surface area contributed by atoms with Crippen molar-refractivity contribution < 1.29 is 4.74 Å². The third-order valence-electron chi connectivity index (χ3n) is 4.67. The van der Waals surface area contributed by atoms with Gasteiger partial charge in [0.05, 0.1) is 6.54 Å². The maximum Gasteiger partial charge on any atom is 0.254 e. The molecule has 0 N–H and O–H groups in total. The van der Waals surface area contributed by atoms with E-state index in [0.29, 0.717) is 18.1 Å². The molecule has 0 spiro atoms. The molecule has 5 nitrogen and oxygen atoms in total. The second-order valence-electron chi connectivity index (χ2n) is 6.73. The fourth-order valence-electron chi connectivity index (χ4n) is 3.03. The number of ether oxygens (including phenoxy) is 1. The summed E-state index contributed by atoms with van der Waals surface area (Å²) in [6, 6.07) is 13.8. The van der Waals surface area contributed by atoms with Gasteiger partial charge in [0.25, 0.3) is 5.56 Å². The molecule has 0 aliphatic heterocycles. The molecule has 28 heavy (non-hydrogen) atoms. The van der Waals surface area contributed by atoms with Gasteiger partial charge in [0.15, 0.2) is 5.82 Å². The molecular formula is C23H27N3O2. The van der Waals surface area contributed by atoms with Crippen LogP contribution in [0.15, 0.2) is 59.7 Å². The zero-order chi connectivity index (χ0) is 19.9. The number of rotatable bonds is 6. The molecule has 146 valence electrons. The molecule has 4 rings (SSSR count). The van der Waals surface area contributed by atoms with Crippen LogP contribution in [-0.2, 0) is 13.2 Å². The predicted molar refractivity (Wildman–Crippen MR) is 111 cm³/mol. The summed E-state index contributed by atoms with van der Waals surface area (Å²) in [5, 5.41) is 0. The average Bonchev–Trinajstić information content (AvgIpc) is 3.57. The predicted octanol–water partition coefficient (Wildman–Crippen LogP) is 4.48. The van der Waals surface area contributed by atoms with E-state index >= 15 is 0 Å². The van der Waals surface area contributed by atoms with Gasteiger partial charge in [-0.25, -0.2) is 9.97 Å². The average molecular weight is 377 g/mol. The maximum atomic E-state index is 12.5. The molecule has 0 amide bonds. The number of nitrogens with zero attached hydrogens (tertiary/aromatic N) is 3. The van der Waals surface area contributed by atoms with E-state index < -0.39 is 0 Å². The van der Waals surface area contributed by atoms with Gasteiger partial charge in [0, 0.05) is 24.2 Å². The Morgan fingerprint density at radius 1 is 1.07 bits per heavy atom. The number of hydrogen-bond donors (Lipinski definition) is 0. The van der Waals surface area contributed by atoms with E-state index in [0.717, 1.165) is 17.2 Å². The molecule has 0 radical (unpaired) electrons. The summed E-state index contributed by atoms with van der Waals surface area (Å²) in [5.74, 6) is 1.88. The monoisotopic (exact) mass is 377 g/mol. The summed E-state index contributed by atoms with van der Waals surface area (Å²) >= 11 is 0. The second kappa shape index (κ2) is 9.31. The Bertz CT molecular complexity index is 946. The smallest absolute Gasteiger partial charge is 0.254 e. The minimum Gasteiger partial charge on any atom is -0.485 e. The Kier molecular flexibility index (Phi) is 6.58. The molecule has 1 aliphatic carbocycles. The van der Waals surface area contributed by atoms with E-state index in [-0.39, 0.29) is 12.2 Å². The van der Waals surface area contributed by atoms with Crippen molar-refractivity contribution in [2.45, 2.75) is 52.7 Å². The van der Waals surface area contributed by atoms with Gasteiger partial charge in [-0.05, 0) is 48.9 Å². The Balaban J connectivity index is 0.00000109. The summed E-state index contributed by atoms with van der Waals surface area (Å²) in [6.45, 7) is 6.73. The molecule has 0 bridgehead atoms. The van der Waals surface area contributed by atoms with Crippen molar-refractivity contribution in [1.82, 2.24) is 14.5 Å². The van der Waals surface area contributed by atoms with Crippen LogP contribution in [0.2, 0.25) is 0 Å². The molecular weight excluding hydrogens is 350 g/mol. The lowest BCUT2D eigenvalue weighted by molar-refractivity contribution is 0.294. The van der Waals surface area contributed by atoms with Gasteiger partial charge in [-0.3, -0.25) is 4.79 Å². The maximum absolute atomic E-state index is 12.5. The fraction of sp³-hybridized carbons (Fsp3) is 0.348. The Hall–Kier alpha value is -2.95. The highest BCUT2D eigenvalue weighted by atomic mass is 16.5. The van der Waals surface area contributed by atoms with E-state index in [2.05, 4.69) is 34.2 Å². The minimum atomic E-state index is -0.0692. The van der Waals surface area contributed by atoms with Crippen molar-refractivity contribution in [3.8, 4) is 5.75 Å². The standard InChI is InChI=1S/C21H21N3O2.C2H6/c1-15-11-19(26-14-20-22-9-2-10-23-20)12-21(25)24(15)13-16-3-5-17(6-4-16)18-7-8-18;1-2/h2-6,9-12,18H,7-8,13-14H2,1H3;1-2H3. The Labute approximate surface area is 166 Å². The largest absolute Gasteiger partial charge is 0.485 e. The number of aryl methyl sites for hydroxylation is 1. The van der Waals surface area contributed by atoms with Crippen LogP contribution in [0, 0.1) is 6.92 Å². The SMILES string of the molecule is CC.Cc1cc(OCc2ncccn2)cc(=O)n1Cc1ccc(C2CC2)cc1. The normalized spacial score (nSPS) is 12.8. The summed E-state index contributed by atoms with van der Waals surface area (Å²) in [5.41, 5.74) is 3.34. The Morgan fingerprint density at radius 3 is 2.36 bits per heavy atom. The second-order valence-corrected chi connectivity index (χ2v) is 6.73. The Morgan fingerprint density at radius 2 is 1.75 bits per heavy atom. The number of pyridine rings is 1. The first-order chi connectivity index (χ1) is 13.7. The first-order valence-corrected chi connectivity index (χ1v) is 9.88. The van der Waals surface area contributed by atoms with Crippen molar-refractivity contribution >= 4 is 0 Å². The first kappa shape index (κ1) is 19.8. The fourth-order valence-corrected chi connectivity index (χ4v) is 3.03. The molecule has 0 unspecified atom stereocenters. The summed E-state index contributed by atoms with van der Waals surface area (Å²) in [6.07, 6.45) is 5.94. The van der Waals surface area contributed by atoms with Crippen molar-refractivity contribution in [2.24, 2.45) is 0 Å². The van der Waals surface area contributed by atoms with Crippen LogP contribution in [0.5, 0.6) is 5.75 Å². The first-order valence-electron chi connectivity index (χ1n) is 9.88. The molecule has 1 aromatic carbocycles. The van der Waals surface area contributed by atoms with Gasteiger partial charge in [-0.2, -0.15) is 0 Å². The molecule has 1 fully saturated rings. The summed E-state index contributed by atoms with van der Waals surface area (Å²) in [4.78, 5) is 20.7. The highest BCUT2D eigenvalue weighted by molar-refractivity contribution is 5.29. The quantitative estimate of drug-likeness (QED) is 0.636. The molecule has 0 saturated heterocycles. The van der Waals surface area contributed by atoms with E-state index in [4.69, 9.17) is 4.74 Å². The van der Waals surface area contributed by atoms with Gasteiger partial charge in [-0.1, -0.05) is 38.1 Å². The lowest BCUT2D eigenvalue weighted by atomic mass is 10.1. The summed E-state index contributed by atoms with van der Waals surface area (Å²) in [7, 11) is 0. The zero-order valence-corrected chi connectivity index (χ0v) is 16.8. The highest BCUT2D eigenvalue weighted by Crippen LogP contribution is 2.39. The van der Waals surface area contributed by atoms with Crippen LogP contribution in [0.4, 0.5) is 0 Å². The summed E-state index contributed by atoms with van der Waals surface area (Å²) < 4.78 is 7.43. The van der Waals surface area contributed by atoms with E-state index in [1.165, 1.54) is 24.5 Å². The molecule has 2 aromatic heterocycles. The van der Waals surface area contributed by atoms with Crippen molar-refractivity contribution in [1.29, 1.82) is 0 Å². The van der Waals surface area contributed by atoms with E-state index in [1.807, 2.05) is 26.8 Å². The lowest BCUT2D eigenvalue weighted by Crippen LogP contribution is -2.22. The van der Waals surface area contributed by atoms with Gasteiger partial charge in [0.2, 0.25) is 0 Å². The number of benzene rings is 1. The van der Waals surface area contributed by atoms with Crippen molar-refractivity contribution in [3.63, 3.8) is 0 Å². The molecule has 5 heteroatoms. The van der Waals surface area contributed by atoms with Gasteiger partial charge >= 0.3 is 0 Å². The number of hydrogen-bond acceptors (Lipinski definition) is 4. The van der Waals surface area contributed by atoms with Crippen LogP contribution in [0.3, 0.4) is 0 Å². The van der Waals surface area contributed by atoms with Gasteiger partial charge in [-0.15, -0.1) is 0 Å². The van der Waals surface area contributed by atoms with Gasteiger partial charge in [0.1, 0.15) is 12.4 Å². The van der Waals surface area contributed by atoms with Crippen molar-refractivity contribution in [3.05, 3.63) is 87.9 Å². The molecule has 3 aromatic rings. The molecule has 0 atom stereocenters. The third kappa shape index (κ3) is 5.06. The molecule has 2 heterocycles. The third-order valence-corrected chi connectivity index (χ3v) is 4.67.